The van der Waals surface area contributed by atoms with E-state index in [4.69, 9.17) is 5.84 Å². The summed E-state index contributed by atoms with van der Waals surface area (Å²) in [5, 5.41) is 11.1. The molecule has 7 heteroatoms. The third-order valence-corrected chi connectivity index (χ3v) is 4.72. The molecule has 3 N–H and O–H groups in total. The SMILES string of the molecule is Cc1cccc(C(C)C)c1NC(=O)[C@H](C)Sc1nnc(C)n1N. The normalized spacial score (nSPS) is 12.4. The molecule has 2 aromatic rings. The summed E-state index contributed by atoms with van der Waals surface area (Å²) in [4.78, 5) is 12.5. The zero-order valence-corrected chi connectivity index (χ0v) is 14.9. The van der Waals surface area contributed by atoms with Crippen molar-refractivity contribution in [3.05, 3.63) is 35.2 Å². The predicted molar refractivity (Wildman–Crippen MR) is 94.1 cm³/mol. The Bertz CT molecular complexity index is 710. The van der Waals surface area contributed by atoms with Crippen molar-refractivity contribution in [2.24, 2.45) is 0 Å². The highest BCUT2D eigenvalue weighted by Gasteiger charge is 2.20. The number of nitrogen functional groups attached to an aromatic ring is 1. The molecule has 0 aliphatic carbocycles. The minimum atomic E-state index is -0.333. The lowest BCUT2D eigenvalue weighted by molar-refractivity contribution is -0.115. The number of para-hydroxylation sites is 1. The summed E-state index contributed by atoms with van der Waals surface area (Å²) >= 11 is 1.29. The molecule has 0 aliphatic heterocycles. The number of benzene rings is 1. The minimum absolute atomic E-state index is 0.0770. The van der Waals surface area contributed by atoms with Crippen LogP contribution in [0.15, 0.2) is 23.4 Å². The first-order valence-corrected chi connectivity index (χ1v) is 8.43. The van der Waals surface area contributed by atoms with Crippen LogP contribution in [0.1, 0.15) is 43.6 Å². The van der Waals surface area contributed by atoms with Crippen LogP contribution in [0.3, 0.4) is 0 Å². The Balaban J connectivity index is 2.14. The monoisotopic (exact) mass is 333 g/mol. The fraction of sp³-hybridized carbons (Fsp3) is 0.438. The number of nitrogens with one attached hydrogen (secondary N) is 1. The molecule has 6 nitrogen and oxygen atoms in total. The number of aromatic nitrogens is 3. The van der Waals surface area contributed by atoms with Gasteiger partial charge < -0.3 is 11.2 Å². The summed E-state index contributed by atoms with van der Waals surface area (Å²) in [5.74, 6) is 6.70. The van der Waals surface area contributed by atoms with E-state index in [0.29, 0.717) is 16.9 Å². The first-order valence-electron chi connectivity index (χ1n) is 7.55. The lowest BCUT2D eigenvalue weighted by Gasteiger charge is -2.18. The molecular formula is C16H23N5OS. The minimum Gasteiger partial charge on any atom is -0.336 e. The van der Waals surface area contributed by atoms with Gasteiger partial charge in [-0.05, 0) is 37.8 Å². The molecule has 1 atom stereocenters. The number of anilines is 1. The molecule has 23 heavy (non-hydrogen) atoms. The second-order valence-electron chi connectivity index (χ2n) is 5.84. The second kappa shape index (κ2) is 7.04. The van der Waals surface area contributed by atoms with Crippen molar-refractivity contribution in [1.29, 1.82) is 0 Å². The van der Waals surface area contributed by atoms with Crippen molar-refractivity contribution in [1.82, 2.24) is 14.9 Å². The van der Waals surface area contributed by atoms with Crippen LogP contribution in [0.25, 0.3) is 0 Å². The van der Waals surface area contributed by atoms with Gasteiger partial charge in [-0.15, -0.1) is 10.2 Å². The van der Waals surface area contributed by atoms with E-state index in [1.165, 1.54) is 16.4 Å². The van der Waals surface area contributed by atoms with E-state index in [0.717, 1.165) is 16.8 Å². The second-order valence-corrected chi connectivity index (χ2v) is 7.15. The molecule has 0 aliphatic rings. The molecular weight excluding hydrogens is 310 g/mol. The van der Waals surface area contributed by atoms with Crippen LogP contribution in [0.5, 0.6) is 0 Å². The van der Waals surface area contributed by atoms with E-state index in [1.54, 1.807) is 6.92 Å². The molecule has 0 unspecified atom stereocenters. The number of thioether (sulfide) groups is 1. The fourth-order valence-electron chi connectivity index (χ4n) is 2.21. The molecule has 1 aromatic heterocycles. The molecule has 0 spiro atoms. The van der Waals surface area contributed by atoms with Crippen LogP contribution in [0.2, 0.25) is 0 Å². The third kappa shape index (κ3) is 3.85. The Morgan fingerprint density at radius 2 is 1.96 bits per heavy atom. The number of carbonyl (C=O) groups is 1. The van der Waals surface area contributed by atoms with Gasteiger partial charge in [0.2, 0.25) is 11.1 Å². The average Bonchev–Trinajstić information content (AvgIpc) is 2.80. The number of hydrogen-bond donors (Lipinski definition) is 2. The number of amides is 1. The fourth-order valence-corrected chi connectivity index (χ4v) is 3.02. The highest BCUT2D eigenvalue weighted by Crippen LogP contribution is 2.29. The van der Waals surface area contributed by atoms with Gasteiger partial charge >= 0.3 is 0 Å². The molecule has 0 fully saturated rings. The molecule has 1 heterocycles. The summed E-state index contributed by atoms with van der Waals surface area (Å²) < 4.78 is 1.39. The van der Waals surface area contributed by atoms with Gasteiger partial charge in [0.25, 0.3) is 0 Å². The maximum atomic E-state index is 12.5. The highest BCUT2D eigenvalue weighted by molar-refractivity contribution is 8.00. The van der Waals surface area contributed by atoms with E-state index >= 15 is 0 Å². The van der Waals surface area contributed by atoms with Crippen molar-refractivity contribution in [3.63, 3.8) is 0 Å². The van der Waals surface area contributed by atoms with Crippen molar-refractivity contribution < 1.29 is 4.79 Å². The third-order valence-electron chi connectivity index (χ3n) is 3.66. The zero-order chi connectivity index (χ0) is 17.1. The van der Waals surface area contributed by atoms with Crippen molar-refractivity contribution >= 4 is 23.4 Å². The average molecular weight is 333 g/mol. The van der Waals surface area contributed by atoms with Crippen LogP contribution in [0, 0.1) is 13.8 Å². The number of rotatable bonds is 5. The van der Waals surface area contributed by atoms with Crippen molar-refractivity contribution in [2.75, 3.05) is 11.2 Å². The largest absolute Gasteiger partial charge is 0.336 e. The standard InChI is InChI=1S/C16H23N5OS/c1-9(2)13-8-6-7-10(3)14(13)18-15(22)11(4)23-16-20-19-12(5)21(16)17/h6-9,11H,17H2,1-5H3,(H,18,22)/t11-/m0/s1. The van der Waals surface area contributed by atoms with E-state index in [-0.39, 0.29) is 11.2 Å². The zero-order valence-electron chi connectivity index (χ0n) is 14.1. The van der Waals surface area contributed by atoms with E-state index < -0.39 is 0 Å². The van der Waals surface area contributed by atoms with Crippen LogP contribution < -0.4 is 11.2 Å². The Labute approximate surface area is 140 Å². The van der Waals surface area contributed by atoms with Crippen LogP contribution in [-0.4, -0.2) is 26.0 Å². The number of nitrogens with zero attached hydrogens (tertiary/aromatic N) is 3. The molecule has 1 aromatic carbocycles. The van der Waals surface area contributed by atoms with Gasteiger partial charge in [0.05, 0.1) is 5.25 Å². The molecule has 124 valence electrons. The van der Waals surface area contributed by atoms with Gasteiger partial charge in [-0.25, -0.2) is 4.68 Å². The maximum Gasteiger partial charge on any atom is 0.237 e. The summed E-state index contributed by atoms with van der Waals surface area (Å²) in [5.41, 5.74) is 3.08. The Hall–Kier alpha value is -2.02. The lowest BCUT2D eigenvalue weighted by Crippen LogP contribution is -2.25. The highest BCUT2D eigenvalue weighted by atomic mass is 32.2. The quantitative estimate of drug-likeness (QED) is 0.649. The number of nitrogens with two attached hydrogens (primary N) is 1. The first-order chi connectivity index (χ1) is 10.8. The molecule has 0 saturated heterocycles. The van der Waals surface area contributed by atoms with Gasteiger partial charge in [-0.1, -0.05) is 43.8 Å². The predicted octanol–water partition coefficient (Wildman–Crippen LogP) is 2.85. The van der Waals surface area contributed by atoms with E-state index in [9.17, 15) is 4.79 Å². The Kier molecular flexibility index (Phi) is 5.30. The number of aryl methyl sites for hydroxylation is 2. The Morgan fingerprint density at radius 3 is 2.52 bits per heavy atom. The molecule has 0 radical (unpaired) electrons. The van der Waals surface area contributed by atoms with E-state index in [2.05, 4.69) is 29.4 Å². The lowest BCUT2D eigenvalue weighted by atomic mass is 9.98. The van der Waals surface area contributed by atoms with Crippen LogP contribution in [-0.2, 0) is 4.79 Å². The topological polar surface area (TPSA) is 85.8 Å². The Morgan fingerprint density at radius 1 is 1.26 bits per heavy atom. The van der Waals surface area contributed by atoms with Gasteiger partial charge in [-0.3, -0.25) is 4.79 Å². The van der Waals surface area contributed by atoms with Crippen LogP contribution in [0.4, 0.5) is 5.69 Å². The molecule has 0 saturated carbocycles. The van der Waals surface area contributed by atoms with Gasteiger partial charge in [0, 0.05) is 5.69 Å². The summed E-state index contributed by atoms with van der Waals surface area (Å²) in [6.45, 7) is 9.82. The summed E-state index contributed by atoms with van der Waals surface area (Å²) in [7, 11) is 0. The number of carbonyl (C=O) groups excluding carboxylic acids is 1. The van der Waals surface area contributed by atoms with Gasteiger partial charge in [0.1, 0.15) is 5.82 Å². The summed E-state index contributed by atoms with van der Waals surface area (Å²) in [6.07, 6.45) is 0. The first kappa shape index (κ1) is 17.3. The van der Waals surface area contributed by atoms with E-state index in [1.807, 2.05) is 32.0 Å². The molecule has 2 rings (SSSR count). The summed E-state index contributed by atoms with van der Waals surface area (Å²) in [6, 6.07) is 6.06. The van der Waals surface area contributed by atoms with Crippen LogP contribution >= 0.6 is 11.8 Å². The van der Waals surface area contributed by atoms with Gasteiger partial charge in [0.15, 0.2) is 0 Å². The van der Waals surface area contributed by atoms with Crippen molar-refractivity contribution in [2.45, 2.75) is 50.9 Å². The molecule has 0 bridgehead atoms. The van der Waals surface area contributed by atoms with Gasteiger partial charge in [-0.2, -0.15) is 0 Å². The maximum absolute atomic E-state index is 12.5. The van der Waals surface area contributed by atoms with Crippen molar-refractivity contribution in [3.8, 4) is 0 Å². The smallest absolute Gasteiger partial charge is 0.237 e. The number of hydrogen-bond acceptors (Lipinski definition) is 5. The molecule has 1 amide bonds.